The number of nitrogens with zero attached hydrogens (tertiary/aromatic N) is 3. The van der Waals surface area contributed by atoms with Crippen molar-refractivity contribution in [3.63, 3.8) is 0 Å². The first-order valence-corrected chi connectivity index (χ1v) is 10.2. The molecule has 0 bridgehead atoms. The predicted molar refractivity (Wildman–Crippen MR) is 109 cm³/mol. The summed E-state index contributed by atoms with van der Waals surface area (Å²) < 4.78 is 6.27. The van der Waals surface area contributed by atoms with E-state index in [0.29, 0.717) is 16.7 Å². The van der Waals surface area contributed by atoms with Crippen molar-refractivity contribution in [2.24, 2.45) is 0 Å². The third kappa shape index (κ3) is 3.90. The van der Waals surface area contributed by atoms with Crippen LogP contribution in [0.4, 0.5) is 5.69 Å². The van der Waals surface area contributed by atoms with Gasteiger partial charge in [0, 0.05) is 22.6 Å². The smallest absolute Gasteiger partial charge is 0.247 e. The molecular weight excluding hydrogens is 356 g/mol. The number of benzene rings is 2. The standard InChI is InChI=1S/C21H22N4OS/c1-3-4-13-27-21-23-20-18(24-25-21)16-7-5-6-8-17(16)22-19(26-20)15-11-9-14(2)10-12-15/h5-12,19,22H,3-4,13H2,1-2H3/t19-/m1/s1. The van der Waals surface area contributed by atoms with Gasteiger partial charge >= 0.3 is 0 Å². The number of hydrogen-bond donors (Lipinski definition) is 1. The summed E-state index contributed by atoms with van der Waals surface area (Å²) in [6.45, 7) is 4.25. The minimum Gasteiger partial charge on any atom is -0.448 e. The molecule has 1 aromatic heterocycles. The largest absolute Gasteiger partial charge is 0.448 e. The highest BCUT2D eigenvalue weighted by atomic mass is 32.2. The maximum Gasteiger partial charge on any atom is 0.247 e. The Labute approximate surface area is 163 Å². The molecule has 1 aliphatic rings. The van der Waals surface area contributed by atoms with Crippen molar-refractivity contribution in [1.29, 1.82) is 0 Å². The van der Waals surface area contributed by atoms with Crippen LogP contribution in [0.2, 0.25) is 0 Å². The lowest BCUT2D eigenvalue weighted by Gasteiger charge is -2.19. The van der Waals surface area contributed by atoms with Crippen LogP contribution in [-0.4, -0.2) is 20.9 Å². The van der Waals surface area contributed by atoms with E-state index >= 15 is 0 Å². The molecule has 6 heteroatoms. The fraction of sp³-hybridized carbons (Fsp3) is 0.286. The number of hydrogen-bond acceptors (Lipinski definition) is 6. The summed E-state index contributed by atoms with van der Waals surface area (Å²) >= 11 is 1.62. The van der Waals surface area contributed by atoms with Gasteiger partial charge in [0.15, 0.2) is 11.9 Å². The van der Waals surface area contributed by atoms with Gasteiger partial charge in [0.2, 0.25) is 11.0 Å². The van der Waals surface area contributed by atoms with E-state index in [1.807, 2.05) is 24.3 Å². The number of nitrogens with one attached hydrogen (secondary N) is 1. The van der Waals surface area contributed by atoms with Gasteiger partial charge in [0.1, 0.15) is 0 Å². The molecule has 0 saturated carbocycles. The SMILES string of the molecule is CCCCSc1nnc2c(n1)O[C@H](c1ccc(C)cc1)Nc1ccccc1-2. The average molecular weight is 379 g/mol. The summed E-state index contributed by atoms with van der Waals surface area (Å²) in [5.41, 5.74) is 4.85. The molecule has 0 radical (unpaired) electrons. The number of aryl methyl sites for hydroxylation is 1. The summed E-state index contributed by atoms with van der Waals surface area (Å²) in [7, 11) is 0. The molecule has 5 nitrogen and oxygen atoms in total. The van der Waals surface area contributed by atoms with Crippen molar-refractivity contribution in [2.75, 3.05) is 11.1 Å². The Morgan fingerprint density at radius 2 is 1.89 bits per heavy atom. The molecule has 2 heterocycles. The molecule has 0 saturated heterocycles. The first-order valence-electron chi connectivity index (χ1n) is 9.21. The molecule has 0 aliphatic carbocycles. The molecule has 0 fully saturated rings. The highest BCUT2D eigenvalue weighted by molar-refractivity contribution is 7.99. The Balaban J connectivity index is 1.73. The van der Waals surface area contributed by atoms with Gasteiger partial charge in [0.25, 0.3) is 0 Å². The number of rotatable bonds is 5. The summed E-state index contributed by atoms with van der Waals surface area (Å²) in [4.78, 5) is 4.66. The summed E-state index contributed by atoms with van der Waals surface area (Å²) in [6, 6.07) is 16.4. The van der Waals surface area contributed by atoms with Gasteiger partial charge in [-0.3, -0.25) is 0 Å². The first kappa shape index (κ1) is 17.8. The van der Waals surface area contributed by atoms with Crippen molar-refractivity contribution in [3.8, 4) is 17.1 Å². The molecule has 1 atom stereocenters. The van der Waals surface area contributed by atoms with Crippen LogP contribution in [0.5, 0.6) is 5.88 Å². The van der Waals surface area contributed by atoms with Gasteiger partial charge < -0.3 is 10.1 Å². The fourth-order valence-electron chi connectivity index (χ4n) is 2.91. The second kappa shape index (κ2) is 7.96. The van der Waals surface area contributed by atoms with Gasteiger partial charge in [-0.2, -0.15) is 4.98 Å². The van der Waals surface area contributed by atoms with Gasteiger partial charge in [0.05, 0.1) is 0 Å². The number of fused-ring (bicyclic) bond motifs is 3. The van der Waals surface area contributed by atoms with E-state index in [9.17, 15) is 0 Å². The van der Waals surface area contributed by atoms with E-state index in [4.69, 9.17) is 4.74 Å². The molecule has 1 N–H and O–H groups in total. The van der Waals surface area contributed by atoms with Gasteiger partial charge in [-0.25, -0.2) is 0 Å². The van der Waals surface area contributed by atoms with E-state index in [1.165, 1.54) is 5.56 Å². The molecule has 0 unspecified atom stereocenters. The van der Waals surface area contributed by atoms with Crippen molar-refractivity contribution >= 4 is 17.4 Å². The van der Waals surface area contributed by atoms with Gasteiger partial charge in [-0.15, -0.1) is 10.2 Å². The van der Waals surface area contributed by atoms with Crippen LogP contribution >= 0.6 is 11.8 Å². The third-order valence-electron chi connectivity index (χ3n) is 4.44. The van der Waals surface area contributed by atoms with Crippen molar-refractivity contribution < 1.29 is 4.74 Å². The Kier molecular flexibility index (Phi) is 5.25. The second-order valence-electron chi connectivity index (χ2n) is 6.55. The van der Waals surface area contributed by atoms with E-state index < -0.39 is 0 Å². The summed E-state index contributed by atoms with van der Waals surface area (Å²) in [5, 5.41) is 12.9. The van der Waals surface area contributed by atoms with Crippen molar-refractivity contribution in [2.45, 2.75) is 38.1 Å². The normalized spacial score (nSPS) is 15.1. The lowest BCUT2D eigenvalue weighted by atomic mass is 10.1. The van der Waals surface area contributed by atoms with E-state index in [2.05, 4.69) is 58.6 Å². The number of para-hydroxylation sites is 1. The van der Waals surface area contributed by atoms with Crippen LogP contribution in [0.1, 0.15) is 37.1 Å². The van der Waals surface area contributed by atoms with E-state index in [1.54, 1.807) is 11.8 Å². The topological polar surface area (TPSA) is 59.9 Å². The average Bonchev–Trinajstić information content (AvgIpc) is 2.85. The molecule has 0 amide bonds. The Morgan fingerprint density at radius 1 is 1.07 bits per heavy atom. The van der Waals surface area contributed by atoms with Crippen molar-refractivity contribution in [3.05, 3.63) is 59.7 Å². The Bertz CT molecular complexity index is 930. The number of aromatic nitrogens is 3. The maximum atomic E-state index is 6.27. The zero-order chi connectivity index (χ0) is 18.6. The molecule has 3 aromatic rings. The quantitative estimate of drug-likeness (QED) is 0.484. The maximum absolute atomic E-state index is 6.27. The Morgan fingerprint density at radius 3 is 2.70 bits per heavy atom. The van der Waals surface area contributed by atoms with Gasteiger partial charge in [-0.1, -0.05) is 73.1 Å². The zero-order valence-electron chi connectivity index (χ0n) is 15.5. The van der Waals surface area contributed by atoms with Crippen molar-refractivity contribution in [1.82, 2.24) is 15.2 Å². The van der Waals surface area contributed by atoms with Crippen LogP contribution in [0.25, 0.3) is 11.3 Å². The van der Waals surface area contributed by atoms with Crippen LogP contribution in [0, 0.1) is 6.92 Å². The highest BCUT2D eigenvalue weighted by Gasteiger charge is 2.25. The zero-order valence-corrected chi connectivity index (χ0v) is 16.3. The minimum absolute atomic E-state index is 0.335. The van der Waals surface area contributed by atoms with Crippen LogP contribution in [0.3, 0.4) is 0 Å². The molecule has 4 rings (SSSR count). The van der Waals surface area contributed by atoms with E-state index in [-0.39, 0.29) is 6.23 Å². The van der Waals surface area contributed by atoms with Gasteiger partial charge in [-0.05, 0) is 19.4 Å². The Hall–Kier alpha value is -2.60. The summed E-state index contributed by atoms with van der Waals surface area (Å²) in [5.74, 6) is 1.50. The molecule has 1 aliphatic heterocycles. The van der Waals surface area contributed by atoms with Crippen LogP contribution in [-0.2, 0) is 0 Å². The fourth-order valence-corrected chi connectivity index (χ4v) is 3.77. The van der Waals surface area contributed by atoms with Crippen LogP contribution < -0.4 is 10.1 Å². The van der Waals surface area contributed by atoms with Crippen LogP contribution in [0.15, 0.2) is 53.7 Å². The second-order valence-corrected chi connectivity index (χ2v) is 7.61. The monoisotopic (exact) mass is 378 g/mol. The first-order chi connectivity index (χ1) is 13.2. The highest BCUT2D eigenvalue weighted by Crippen LogP contribution is 2.39. The number of ether oxygens (including phenoxy) is 1. The third-order valence-corrected chi connectivity index (χ3v) is 5.37. The predicted octanol–water partition coefficient (Wildman–Crippen LogP) is 5.24. The number of thioether (sulfide) groups is 1. The molecule has 2 aromatic carbocycles. The lowest BCUT2D eigenvalue weighted by molar-refractivity contribution is 0.225. The molecular formula is C21H22N4OS. The minimum atomic E-state index is -0.335. The summed E-state index contributed by atoms with van der Waals surface area (Å²) in [6.07, 6.45) is 1.94. The number of anilines is 1. The molecule has 27 heavy (non-hydrogen) atoms. The van der Waals surface area contributed by atoms with E-state index in [0.717, 1.165) is 35.4 Å². The molecule has 0 spiro atoms. The number of unbranched alkanes of at least 4 members (excludes halogenated alkanes) is 1. The molecule has 138 valence electrons. The lowest BCUT2D eigenvalue weighted by Crippen LogP contribution is -2.17.